The van der Waals surface area contributed by atoms with Crippen LogP contribution in [0.4, 0.5) is 11.4 Å². The molecule has 1 aromatic heterocycles. The van der Waals surface area contributed by atoms with E-state index >= 15 is 0 Å². The van der Waals surface area contributed by atoms with E-state index in [1.165, 1.54) is 0 Å². The fraction of sp³-hybridized carbons (Fsp3) is 0.400. The molecule has 1 heterocycles. The van der Waals surface area contributed by atoms with Gasteiger partial charge < -0.3 is 5.73 Å². The number of aromatic nitrogens is 1. The molecule has 1 aliphatic rings. The number of nitrogens with zero attached hydrogens (tertiary/aromatic N) is 1. The third-order valence-electron chi connectivity index (χ3n) is 4.04. The molecule has 6 heteroatoms. The van der Waals surface area contributed by atoms with E-state index in [1.54, 1.807) is 24.4 Å². The molecule has 0 unspecified atom stereocenters. The zero-order valence-corrected chi connectivity index (χ0v) is 12.6. The number of fused-ring (bicyclic) bond motifs is 1. The van der Waals surface area contributed by atoms with Crippen molar-refractivity contribution in [3.05, 3.63) is 30.5 Å². The van der Waals surface area contributed by atoms with Crippen LogP contribution in [0.2, 0.25) is 0 Å². The van der Waals surface area contributed by atoms with Gasteiger partial charge >= 0.3 is 0 Å². The molecule has 0 saturated heterocycles. The van der Waals surface area contributed by atoms with E-state index < -0.39 is 10.0 Å². The van der Waals surface area contributed by atoms with Gasteiger partial charge in [-0.2, -0.15) is 0 Å². The first kappa shape index (κ1) is 14.1. The van der Waals surface area contributed by atoms with Crippen molar-refractivity contribution in [2.24, 2.45) is 0 Å². The first-order valence-corrected chi connectivity index (χ1v) is 8.77. The SMILES string of the molecule is Nc1ccc(NS(=O)(=O)C2CCCCC2)c2cccnc12. The van der Waals surface area contributed by atoms with Gasteiger partial charge in [-0.25, -0.2) is 8.42 Å². The molecule has 1 fully saturated rings. The summed E-state index contributed by atoms with van der Waals surface area (Å²) < 4.78 is 27.8. The van der Waals surface area contributed by atoms with Crippen LogP contribution in [0.1, 0.15) is 32.1 Å². The van der Waals surface area contributed by atoms with Gasteiger partial charge in [-0.05, 0) is 37.1 Å². The molecule has 3 N–H and O–H groups in total. The zero-order valence-electron chi connectivity index (χ0n) is 11.7. The van der Waals surface area contributed by atoms with Gasteiger partial charge in [-0.3, -0.25) is 9.71 Å². The predicted octanol–water partition coefficient (Wildman–Crippen LogP) is 2.89. The minimum Gasteiger partial charge on any atom is -0.397 e. The number of pyridine rings is 1. The fourth-order valence-electron chi connectivity index (χ4n) is 2.90. The lowest BCUT2D eigenvalue weighted by atomic mass is 10.0. The van der Waals surface area contributed by atoms with Gasteiger partial charge in [0.05, 0.1) is 22.1 Å². The minimum absolute atomic E-state index is 0.296. The second-order valence-electron chi connectivity index (χ2n) is 5.51. The zero-order chi connectivity index (χ0) is 14.9. The summed E-state index contributed by atoms with van der Waals surface area (Å²) in [4.78, 5) is 4.22. The molecule has 1 saturated carbocycles. The van der Waals surface area contributed by atoms with E-state index in [4.69, 9.17) is 5.73 Å². The maximum Gasteiger partial charge on any atom is 0.235 e. The summed E-state index contributed by atoms with van der Waals surface area (Å²) in [6, 6.07) is 7.01. The van der Waals surface area contributed by atoms with Crippen LogP contribution >= 0.6 is 0 Å². The fourth-order valence-corrected chi connectivity index (χ4v) is 4.50. The smallest absolute Gasteiger partial charge is 0.235 e. The maximum absolute atomic E-state index is 12.5. The Bertz CT molecular complexity index is 753. The molecule has 0 aliphatic heterocycles. The van der Waals surface area contributed by atoms with E-state index in [-0.39, 0.29) is 5.25 Å². The molecule has 0 bridgehead atoms. The lowest BCUT2D eigenvalue weighted by Crippen LogP contribution is -2.29. The number of nitrogens with two attached hydrogens (primary N) is 1. The average molecular weight is 305 g/mol. The standard InChI is InChI=1S/C15H19N3O2S/c16-13-8-9-14(12-7-4-10-17-15(12)13)18-21(19,20)11-5-2-1-3-6-11/h4,7-11,18H,1-3,5-6,16H2. The number of sulfonamides is 1. The first-order valence-electron chi connectivity index (χ1n) is 7.23. The molecule has 2 aromatic rings. The van der Waals surface area contributed by atoms with Crippen molar-refractivity contribution in [1.82, 2.24) is 4.98 Å². The molecule has 0 radical (unpaired) electrons. The molecular weight excluding hydrogens is 286 g/mol. The second kappa shape index (κ2) is 5.52. The van der Waals surface area contributed by atoms with Gasteiger partial charge in [0.25, 0.3) is 0 Å². The van der Waals surface area contributed by atoms with Gasteiger partial charge in [0.2, 0.25) is 10.0 Å². The van der Waals surface area contributed by atoms with Crippen LogP contribution in [0.15, 0.2) is 30.5 Å². The number of hydrogen-bond donors (Lipinski definition) is 2. The molecule has 5 nitrogen and oxygen atoms in total. The van der Waals surface area contributed by atoms with Crippen LogP contribution in [0.25, 0.3) is 10.9 Å². The van der Waals surface area contributed by atoms with Crippen molar-refractivity contribution in [2.75, 3.05) is 10.5 Å². The van der Waals surface area contributed by atoms with E-state index in [2.05, 4.69) is 9.71 Å². The third kappa shape index (κ3) is 2.81. The van der Waals surface area contributed by atoms with Gasteiger partial charge in [-0.15, -0.1) is 0 Å². The van der Waals surface area contributed by atoms with Crippen molar-refractivity contribution >= 4 is 32.3 Å². The van der Waals surface area contributed by atoms with Crippen molar-refractivity contribution < 1.29 is 8.42 Å². The Balaban J connectivity index is 1.96. The minimum atomic E-state index is -3.36. The number of rotatable bonds is 3. The van der Waals surface area contributed by atoms with Crippen molar-refractivity contribution in [3.8, 4) is 0 Å². The van der Waals surface area contributed by atoms with Gasteiger partial charge in [-0.1, -0.05) is 19.3 Å². The van der Waals surface area contributed by atoms with Crippen LogP contribution in [0, 0.1) is 0 Å². The number of hydrogen-bond acceptors (Lipinski definition) is 4. The maximum atomic E-state index is 12.5. The predicted molar refractivity (Wildman–Crippen MR) is 85.6 cm³/mol. The van der Waals surface area contributed by atoms with Crippen LogP contribution in [-0.4, -0.2) is 18.7 Å². The Morgan fingerprint density at radius 1 is 1.14 bits per heavy atom. The molecule has 3 rings (SSSR count). The largest absolute Gasteiger partial charge is 0.397 e. The summed E-state index contributed by atoms with van der Waals surface area (Å²) in [5, 5.41) is 0.437. The van der Waals surface area contributed by atoms with E-state index in [0.29, 0.717) is 16.9 Å². The third-order valence-corrected chi connectivity index (χ3v) is 5.90. The molecule has 21 heavy (non-hydrogen) atoms. The lowest BCUT2D eigenvalue weighted by Gasteiger charge is -2.23. The Kier molecular flexibility index (Phi) is 3.71. The van der Waals surface area contributed by atoms with Crippen LogP contribution in [0.5, 0.6) is 0 Å². The highest BCUT2D eigenvalue weighted by molar-refractivity contribution is 7.93. The number of nitrogens with one attached hydrogen (secondary N) is 1. The molecule has 0 amide bonds. The molecule has 1 aliphatic carbocycles. The first-order chi connectivity index (χ1) is 10.1. The summed E-state index contributed by atoms with van der Waals surface area (Å²) in [6.45, 7) is 0. The van der Waals surface area contributed by atoms with Gasteiger partial charge in [0.15, 0.2) is 0 Å². The molecule has 1 aromatic carbocycles. The van der Waals surface area contributed by atoms with Crippen LogP contribution in [0.3, 0.4) is 0 Å². The average Bonchev–Trinajstić information content (AvgIpc) is 2.51. The summed E-state index contributed by atoms with van der Waals surface area (Å²) in [5.74, 6) is 0. The summed E-state index contributed by atoms with van der Waals surface area (Å²) in [6.07, 6.45) is 6.21. The normalized spacial score (nSPS) is 17.0. The summed E-state index contributed by atoms with van der Waals surface area (Å²) in [7, 11) is -3.36. The number of nitrogen functional groups attached to an aromatic ring is 1. The highest BCUT2D eigenvalue weighted by Gasteiger charge is 2.27. The summed E-state index contributed by atoms with van der Waals surface area (Å²) >= 11 is 0. The molecule has 112 valence electrons. The summed E-state index contributed by atoms with van der Waals surface area (Å²) in [5.41, 5.74) is 7.62. The molecule has 0 atom stereocenters. The Labute approximate surface area is 124 Å². The number of benzene rings is 1. The van der Waals surface area contributed by atoms with Crippen molar-refractivity contribution in [3.63, 3.8) is 0 Å². The quantitative estimate of drug-likeness (QED) is 0.854. The topological polar surface area (TPSA) is 85.1 Å². The van der Waals surface area contributed by atoms with E-state index in [0.717, 1.165) is 37.5 Å². The lowest BCUT2D eigenvalue weighted by molar-refractivity contribution is 0.486. The number of anilines is 2. The Hall–Kier alpha value is -1.82. The van der Waals surface area contributed by atoms with E-state index in [1.807, 2.05) is 6.07 Å². The highest BCUT2D eigenvalue weighted by atomic mass is 32.2. The monoisotopic (exact) mass is 305 g/mol. The Morgan fingerprint density at radius 3 is 2.67 bits per heavy atom. The van der Waals surface area contributed by atoms with Crippen LogP contribution < -0.4 is 10.5 Å². The highest BCUT2D eigenvalue weighted by Crippen LogP contribution is 2.30. The van der Waals surface area contributed by atoms with Crippen LogP contribution in [-0.2, 0) is 10.0 Å². The van der Waals surface area contributed by atoms with E-state index in [9.17, 15) is 8.42 Å². The second-order valence-corrected chi connectivity index (χ2v) is 7.47. The van der Waals surface area contributed by atoms with Crippen molar-refractivity contribution in [2.45, 2.75) is 37.4 Å². The molecular formula is C15H19N3O2S. The Morgan fingerprint density at radius 2 is 1.90 bits per heavy atom. The molecule has 0 spiro atoms. The van der Waals surface area contributed by atoms with Crippen molar-refractivity contribution in [1.29, 1.82) is 0 Å². The van der Waals surface area contributed by atoms with Gasteiger partial charge in [0, 0.05) is 11.6 Å². The van der Waals surface area contributed by atoms with Gasteiger partial charge in [0.1, 0.15) is 0 Å².